The van der Waals surface area contributed by atoms with Gasteiger partial charge < -0.3 is 4.42 Å². The Labute approximate surface area is 330 Å². The van der Waals surface area contributed by atoms with Crippen LogP contribution in [0.2, 0.25) is 0 Å². The van der Waals surface area contributed by atoms with Crippen LogP contribution in [-0.2, 0) is 5.41 Å². The van der Waals surface area contributed by atoms with E-state index in [4.69, 9.17) is 19.4 Å². The van der Waals surface area contributed by atoms with Crippen LogP contribution in [0.5, 0.6) is 0 Å². The third-order valence-corrected chi connectivity index (χ3v) is 13.5. The molecule has 0 unspecified atom stereocenters. The molecular weight excluding hydrogens is 697 g/mol. The van der Waals surface area contributed by atoms with Gasteiger partial charge in [-0.15, -0.1) is 0 Å². The molecule has 0 N–H and O–H groups in total. The number of benzene rings is 7. The SMILES string of the molecule is N#Cc1ccc2ccc3c(-c4cccc(-c5nc(-c6ccc(C78C[C@H]9C[C@H](C7)C[C@@H](C8)C9)cc6)nc(-c6cccc7c6oc6ccccc67)n5)c4)cccc3c2c1. The second-order valence-corrected chi connectivity index (χ2v) is 17.0. The number of aromatic nitrogens is 3. The van der Waals surface area contributed by atoms with Crippen molar-refractivity contribution in [3.05, 3.63) is 151 Å². The van der Waals surface area contributed by atoms with Gasteiger partial charge in [-0.1, -0.05) is 109 Å². The summed E-state index contributed by atoms with van der Waals surface area (Å²) in [7, 11) is 0. The highest BCUT2D eigenvalue weighted by Gasteiger charge is 2.51. The van der Waals surface area contributed by atoms with Crippen LogP contribution in [0.1, 0.15) is 49.7 Å². The van der Waals surface area contributed by atoms with Gasteiger partial charge in [0.15, 0.2) is 17.5 Å². The maximum atomic E-state index is 9.65. The minimum Gasteiger partial charge on any atom is -0.455 e. The van der Waals surface area contributed by atoms with E-state index in [-0.39, 0.29) is 0 Å². The highest BCUT2D eigenvalue weighted by molar-refractivity contribution is 6.12. The molecule has 4 aliphatic carbocycles. The number of nitriles is 1. The topological polar surface area (TPSA) is 75.6 Å². The first kappa shape index (κ1) is 32.6. The lowest BCUT2D eigenvalue weighted by Crippen LogP contribution is -2.48. The summed E-state index contributed by atoms with van der Waals surface area (Å²) in [5, 5.41) is 16.2. The van der Waals surface area contributed by atoms with E-state index in [0.29, 0.717) is 28.5 Å². The van der Waals surface area contributed by atoms with Gasteiger partial charge in [-0.05, 0) is 130 Å². The van der Waals surface area contributed by atoms with E-state index in [1.165, 1.54) is 44.1 Å². The Bertz CT molecular complexity index is 3100. The average Bonchev–Trinajstić information content (AvgIpc) is 3.64. The highest BCUT2D eigenvalue weighted by atomic mass is 16.3. The van der Waals surface area contributed by atoms with Crippen molar-refractivity contribution >= 4 is 43.5 Å². The molecule has 7 aromatic carbocycles. The molecule has 4 aliphatic rings. The predicted molar refractivity (Wildman–Crippen MR) is 228 cm³/mol. The molecule has 5 nitrogen and oxygen atoms in total. The summed E-state index contributed by atoms with van der Waals surface area (Å²) in [5.41, 5.74) is 9.00. The van der Waals surface area contributed by atoms with Crippen molar-refractivity contribution in [1.82, 2.24) is 15.0 Å². The van der Waals surface area contributed by atoms with Gasteiger partial charge in [0, 0.05) is 21.9 Å². The molecule has 4 saturated carbocycles. The average molecular weight is 735 g/mol. The Balaban J connectivity index is 1.00. The normalized spacial score (nSPS) is 21.1. The van der Waals surface area contributed by atoms with Gasteiger partial charge in [0.25, 0.3) is 0 Å². The molecule has 4 bridgehead atoms. The lowest BCUT2D eigenvalue weighted by molar-refractivity contribution is -0.00518. The molecule has 0 radical (unpaired) electrons. The molecule has 0 saturated heterocycles. The molecule has 9 aromatic rings. The van der Waals surface area contributed by atoms with Crippen LogP contribution in [0.15, 0.2) is 144 Å². The van der Waals surface area contributed by atoms with Crippen LogP contribution in [0, 0.1) is 29.1 Å². The van der Waals surface area contributed by atoms with E-state index in [1.54, 1.807) is 0 Å². The zero-order valence-electron chi connectivity index (χ0n) is 31.5. The summed E-state index contributed by atoms with van der Waals surface area (Å²) in [6.45, 7) is 0. The number of para-hydroxylation sites is 2. The molecule has 0 aliphatic heterocycles. The Kier molecular flexibility index (Phi) is 7.11. The number of fused-ring (bicyclic) bond motifs is 6. The van der Waals surface area contributed by atoms with Gasteiger partial charge in [0.1, 0.15) is 11.2 Å². The minimum absolute atomic E-state index is 0.325. The van der Waals surface area contributed by atoms with Crippen molar-refractivity contribution in [3.63, 3.8) is 0 Å². The zero-order valence-corrected chi connectivity index (χ0v) is 31.5. The molecule has 5 heteroatoms. The van der Waals surface area contributed by atoms with Gasteiger partial charge in [0.05, 0.1) is 17.2 Å². The molecule has 4 fully saturated rings. The smallest absolute Gasteiger partial charge is 0.167 e. The summed E-state index contributed by atoms with van der Waals surface area (Å²) in [4.78, 5) is 15.6. The second-order valence-electron chi connectivity index (χ2n) is 17.0. The Morgan fingerprint density at radius 3 is 1.95 bits per heavy atom. The van der Waals surface area contributed by atoms with Crippen molar-refractivity contribution in [2.24, 2.45) is 17.8 Å². The van der Waals surface area contributed by atoms with Gasteiger partial charge in [-0.2, -0.15) is 5.26 Å². The van der Waals surface area contributed by atoms with E-state index in [1.807, 2.05) is 36.4 Å². The molecule has 0 atom stereocenters. The van der Waals surface area contributed by atoms with E-state index in [0.717, 1.165) is 89.1 Å². The van der Waals surface area contributed by atoms with Gasteiger partial charge in [-0.25, -0.2) is 15.0 Å². The lowest BCUT2D eigenvalue weighted by atomic mass is 9.48. The number of rotatable bonds is 5. The summed E-state index contributed by atoms with van der Waals surface area (Å²) >= 11 is 0. The fourth-order valence-electron chi connectivity index (χ4n) is 11.3. The molecule has 57 heavy (non-hydrogen) atoms. The number of hydrogen-bond acceptors (Lipinski definition) is 5. The van der Waals surface area contributed by atoms with E-state index in [2.05, 4.69) is 109 Å². The van der Waals surface area contributed by atoms with Gasteiger partial charge in [-0.3, -0.25) is 0 Å². The van der Waals surface area contributed by atoms with Crippen LogP contribution in [0.4, 0.5) is 0 Å². The lowest BCUT2D eigenvalue weighted by Gasteiger charge is -2.57. The fraction of sp³-hybridized carbons (Fsp3) is 0.192. The van der Waals surface area contributed by atoms with Crippen LogP contribution in [-0.4, -0.2) is 15.0 Å². The van der Waals surface area contributed by atoms with Crippen molar-refractivity contribution in [2.45, 2.75) is 43.9 Å². The van der Waals surface area contributed by atoms with Gasteiger partial charge in [0.2, 0.25) is 0 Å². The summed E-state index contributed by atoms with van der Waals surface area (Å²) in [6.07, 6.45) is 8.33. The maximum Gasteiger partial charge on any atom is 0.167 e. The van der Waals surface area contributed by atoms with Crippen molar-refractivity contribution < 1.29 is 4.42 Å². The van der Waals surface area contributed by atoms with Crippen LogP contribution < -0.4 is 0 Å². The summed E-state index contributed by atoms with van der Waals surface area (Å²) in [5.74, 6) is 4.53. The molecule has 272 valence electrons. The Morgan fingerprint density at radius 2 is 1.16 bits per heavy atom. The van der Waals surface area contributed by atoms with Crippen LogP contribution >= 0.6 is 0 Å². The molecule has 0 amide bonds. The maximum absolute atomic E-state index is 9.65. The summed E-state index contributed by atoms with van der Waals surface area (Å²) < 4.78 is 6.51. The van der Waals surface area contributed by atoms with Crippen molar-refractivity contribution in [3.8, 4) is 51.4 Å². The molecule has 13 rings (SSSR count). The first-order valence-corrected chi connectivity index (χ1v) is 20.3. The molecular formula is C52H38N4O. The Hall–Kier alpha value is -6.64. The second kappa shape index (κ2) is 12.4. The van der Waals surface area contributed by atoms with E-state index < -0.39 is 0 Å². The minimum atomic E-state index is 0.325. The first-order valence-electron chi connectivity index (χ1n) is 20.3. The number of hydrogen-bond donors (Lipinski definition) is 0. The fourth-order valence-corrected chi connectivity index (χ4v) is 11.3. The number of furan rings is 1. The predicted octanol–water partition coefficient (Wildman–Crippen LogP) is 13.1. The standard InChI is InChI=1S/C52H38N4O/c53-30-31-14-15-35-18-21-42-40(9-4-10-41(42)46(35)25-31)37-6-3-7-38(26-37)50-54-49(36-16-19-39(20-17-36)52-27-32-22-33(28-52)24-34(23-32)29-52)55-51(56-50)45-12-5-11-44-43-8-1-2-13-47(43)57-48(44)45/h1-21,25-26,32-34H,22-24,27-29H2/t32-,33-,34-,52?. The number of nitrogens with zero attached hydrogens (tertiary/aromatic N) is 4. The zero-order chi connectivity index (χ0) is 37.7. The van der Waals surface area contributed by atoms with Crippen LogP contribution in [0.25, 0.3) is 88.8 Å². The van der Waals surface area contributed by atoms with Crippen molar-refractivity contribution in [2.75, 3.05) is 0 Å². The molecule has 0 spiro atoms. The molecule has 2 heterocycles. The quantitative estimate of drug-likeness (QED) is 0.165. The van der Waals surface area contributed by atoms with Gasteiger partial charge >= 0.3 is 0 Å². The third kappa shape index (κ3) is 5.24. The first-order chi connectivity index (χ1) is 28.1. The molecule has 2 aromatic heterocycles. The third-order valence-electron chi connectivity index (χ3n) is 13.5. The van der Waals surface area contributed by atoms with Crippen LogP contribution in [0.3, 0.4) is 0 Å². The van der Waals surface area contributed by atoms with Crippen molar-refractivity contribution in [1.29, 1.82) is 5.26 Å². The largest absolute Gasteiger partial charge is 0.455 e. The monoisotopic (exact) mass is 734 g/mol. The van der Waals surface area contributed by atoms with E-state index >= 15 is 0 Å². The van der Waals surface area contributed by atoms with E-state index in [9.17, 15) is 5.26 Å². The Morgan fingerprint density at radius 1 is 0.509 bits per heavy atom. The highest BCUT2D eigenvalue weighted by Crippen LogP contribution is 2.60. The summed E-state index contributed by atoms with van der Waals surface area (Å²) in [6, 6.07) is 51.1.